The van der Waals surface area contributed by atoms with E-state index in [0.717, 1.165) is 17.8 Å². The van der Waals surface area contributed by atoms with Crippen molar-refractivity contribution in [2.45, 2.75) is 32.4 Å². The molecular weight excluding hydrogens is 254 g/mol. The lowest BCUT2D eigenvalue weighted by molar-refractivity contribution is -0.130. The van der Waals surface area contributed by atoms with Crippen molar-refractivity contribution < 1.29 is 9.59 Å². The van der Waals surface area contributed by atoms with Crippen LogP contribution in [-0.2, 0) is 16.1 Å². The molecule has 1 heterocycles. The van der Waals surface area contributed by atoms with Crippen molar-refractivity contribution in [3.8, 4) is 0 Å². The Hall–Kier alpha value is -1.88. The molecule has 0 bridgehead atoms. The predicted molar refractivity (Wildman–Crippen MR) is 76.4 cm³/mol. The summed E-state index contributed by atoms with van der Waals surface area (Å²) in [6, 6.07) is 6.89. The fourth-order valence-electron chi connectivity index (χ4n) is 2.54. The average molecular weight is 273 g/mol. The number of amides is 2. The lowest BCUT2D eigenvalue weighted by Crippen LogP contribution is -2.51. The molecular formula is C15H19N3O2. The van der Waals surface area contributed by atoms with E-state index in [1.807, 2.05) is 17.9 Å². The molecule has 2 fully saturated rings. The van der Waals surface area contributed by atoms with Crippen LogP contribution in [0.15, 0.2) is 18.2 Å². The molecule has 0 atom stereocenters. The fourth-order valence-corrected chi connectivity index (χ4v) is 2.54. The molecule has 0 radical (unpaired) electrons. The molecule has 20 heavy (non-hydrogen) atoms. The van der Waals surface area contributed by atoms with Gasteiger partial charge in [-0.1, -0.05) is 12.1 Å². The average Bonchev–Trinajstić information content (AvgIpc) is 3.19. The summed E-state index contributed by atoms with van der Waals surface area (Å²) in [5, 5.41) is 5.80. The van der Waals surface area contributed by atoms with Crippen molar-refractivity contribution >= 4 is 17.5 Å². The molecule has 2 aliphatic rings. The van der Waals surface area contributed by atoms with Gasteiger partial charge in [-0.2, -0.15) is 0 Å². The Morgan fingerprint density at radius 2 is 1.95 bits per heavy atom. The number of nitrogens with one attached hydrogen (secondary N) is 2. The lowest BCUT2D eigenvalue weighted by atomic mass is 10.1. The van der Waals surface area contributed by atoms with Gasteiger partial charge in [-0.25, -0.2) is 0 Å². The first-order valence-corrected chi connectivity index (χ1v) is 7.02. The summed E-state index contributed by atoms with van der Waals surface area (Å²) in [5.74, 6) is -0.472. The molecule has 0 spiro atoms. The van der Waals surface area contributed by atoms with E-state index in [9.17, 15) is 9.59 Å². The number of anilines is 1. The molecule has 1 saturated carbocycles. The Labute approximate surface area is 118 Å². The van der Waals surface area contributed by atoms with Gasteiger partial charge in [0, 0.05) is 18.3 Å². The van der Waals surface area contributed by atoms with E-state index in [1.54, 1.807) is 0 Å². The van der Waals surface area contributed by atoms with E-state index < -0.39 is 0 Å². The summed E-state index contributed by atoms with van der Waals surface area (Å²) >= 11 is 0. The molecule has 1 saturated heterocycles. The van der Waals surface area contributed by atoms with Crippen LogP contribution in [0.2, 0.25) is 0 Å². The third-order valence-electron chi connectivity index (χ3n) is 3.72. The highest BCUT2D eigenvalue weighted by Crippen LogP contribution is 2.23. The van der Waals surface area contributed by atoms with Gasteiger partial charge in [0.05, 0.1) is 13.1 Å². The van der Waals surface area contributed by atoms with Crippen LogP contribution in [0.25, 0.3) is 0 Å². The quantitative estimate of drug-likeness (QED) is 0.793. The van der Waals surface area contributed by atoms with E-state index in [2.05, 4.69) is 22.8 Å². The van der Waals surface area contributed by atoms with E-state index in [-0.39, 0.29) is 24.9 Å². The minimum absolute atomic E-state index is 0.236. The van der Waals surface area contributed by atoms with Crippen LogP contribution in [0, 0.1) is 6.92 Å². The Morgan fingerprint density at radius 1 is 1.25 bits per heavy atom. The molecule has 2 amide bonds. The number of piperazine rings is 1. The van der Waals surface area contributed by atoms with Crippen LogP contribution in [-0.4, -0.2) is 30.9 Å². The van der Waals surface area contributed by atoms with Gasteiger partial charge in [0.2, 0.25) is 11.8 Å². The molecule has 1 aromatic carbocycles. The van der Waals surface area contributed by atoms with Crippen LogP contribution < -0.4 is 15.5 Å². The summed E-state index contributed by atoms with van der Waals surface area (Å²) in [5.41, 5.74) is 3.30. The number of carbonyl (C=O) groups excluding carboxylic acids is 2. The molecule has 1 aromatic rings. The summed E-state index contributed by atoms with van der Waals surface area (Å²) in [6.07, 6.45) is 2.56. The highest BCUT2D eigenvalue weighted by Gasteiger charge is 2.24. The molecule has 106 valence electrons. The van der Waals surface area contributed by atoms with Gasteiger partial charge in [-0.05, 0) is 37.0 Å². The second-order valence-electron chi connectivity index (χ2n) is 5.60. The van der Waals surface area contributed by atoms with Gasteiger partial charge in [0.1, 0.15) is 0 Å². The Balaban J connectivity index is 1.72. The Morgan fingerprint density at radius 3 is 2.55 bits per heavy atom. The van der Waals surface area contributed by atoms with Crippen LogP contribution in [0.1, 0.15) is 24.0 Å². The number of carbonyl (C=O) groups is 2. The normalized spacial score (nSPS) is 19.1. The largest absolute Gasteiger partial charge is 0.353 e. The maximum atomic E-state index is 11.4. The first-order chi connectivity index (χ1) is 9.61. The van der Waals surface area contributed by atoms with Gasteiger partial charge in [-0.3, -0.25) is 14.9 Å². The number of hydrogen-bond acceptors (Lipinski definition) is 4. The van der Waals surface area contributed by atoms with Crippen LogP contribution in [0.4, 0.5) is 5.69 Å². The molecule has 1 aliphatic heterocycles. The maximum Gasteiger partial charge on any atom is 0.246 e. The van der Waals surface area contributed by atoms with Crippen molar-refractivity contribution in [1.29, 1.82) is 0 Å². The van der Waals surface area contributed by atoms with Crippen molar-refractivity contribution in [2.24, 2.45) is 0 Å². The standard InChI is InChI=1S/C15H19N3O2/c1-10-6-11(7-16-12-3-4-12)2-5-13(10)18-8-14(19)17-15(20)9-18/h2,5-6,12,16H,3-4,7-9H2,1H3,(H,17,19,20). The van der Waals surface area contributed by atoms with Crippen molar-refractivity contribution in [2.75, 3.05) is 18.0 Å². The maximum absolute atomic E-state index is 11.4. The highest BCUT2D eigenvalue weighted by atomic mass is 16.2. The zero-order valence-corrected chi connectivity index (χ0v) is 11.6. The number of imide groups is 1. The van der Waals surface area contributed by atoms with E-state index in [1.165, 1.54) is 18.4 Å². The number of nitrogens with zero attached hydrogens (tertiary/aromatic N) is 1. The van der Waals surface area contributed by atoms with E-state index in [4.69, 9.17) is 0 Å². The van der Waals surface area contributed by atoms with Gasteiger partial charge in [-0.15, -0.1) is 0 Å². The molecule has 2 N–H and O–H groups in total. The van der Waals surface area contributed by atoms with Crippen LogP contribution in [0.3, 0.4) is 0 Å². The minimum Gasteiger partial charge on any atom is -0.353 e. The Kier molecular flexibility index (Phi) is 3.44. The Bertz CT molecular complexity index is 536. The highest BCUT2D eigenvalue weighted by molar-refractivity contribution is 6.02. The zero-order valence-electron chi connectivity index (χ0n) is 11.6. The number of benzene rings is 1. The molecule has 0 unspecified atom stereocenters. The number of rotatable bonds is 4. The van der Waals surface area contributed by atoms with E-state index >= 15 is 0 Å². The van der Waals surface area contributed by atoms with Crippen molar-refractivity contribution in [3.05, 3.63) is 29.3 Å². The predicted octanol–water partition coefficient (Wildman–Crippen LogP) is 0.710. The third kappa shape index (κ3) is 2.99. The first kappa shape index (κ1) is 13.1. The van der Waals surface area contributed by atoms with E-state index in [0.29, 0.717) is 6.04 Å². The van der Waals surface area contributed by atoms with Gasteiger partial charge in [0.15, 0.2) is 0 Å². The summed E-state index contributed by atoms with van der Waals surface area (Å²) < 4.78 is 0. The van der Waals surface area contributed by atoms with Crippen LogP contribution >= 0.6 is 0 Å². The molecule has 5 nitrogen and oxygen atoms in total. The van der Waals surface area contributed by atoms with Crippen molar-refractivity contribution in [1.82, 2.24) is 10.6 Å². The molecule has 3 rings (SSSR count). The second-order valence-corrected chi connectivity index (χ2v) is 5.60. The second kappa shape index (κ2) is 5.25. The van der Waals surface area contributed by atoms with Gasteiger partial charge in [0.25, 0.3) is 0 Å². The number of hydrogen-bond donors (Lipinski definition) is 2. The summed E-state index contributed by atoms with van der Waals surface area (Å²) in [6.45, 7) is 3.39. The zero-order chi connectivity index (χ0) is 14.1. The smallest absolute Gasteiger partial charge is 0.246 e. The topological polar surface area (TPSA) is 61.4 Å². The lowest BCUT2D eigenvalue weighted by Gasteiger charge is -2.29. The molecule has 1 aliphatic carbocycles. The first-order valence-electron chi connectivity index (χ1n) is 7.02. The molecule has 0 aromatic heterocycles. The van der Waals surface area contributed by atoms with Gasteiger partial charge < -0.3 is 10.2 Å². The summed E-state index contributed by atoms with van der Waals surface area (Å²) in [4.78, 5) is 24.7. The molecule has 5 heteroatoms. The number of aryl methyl sites for hydroxylation is 1. The third-order valence-corrected chi connectivity index (χ3v) is 3.72. The minimum atomic E-state index is -0.236. The fraction of sp³-hybridized carbons (Fsp3) is 0.467. The monoisotopic (exact) mass is 273 g/mol. The SMILES string of the molecule is Cc1cc(CNC2CC2)ccc1N1CC(=O)NC(=O)C1. The summed E-state index contributed by atoms with van der Waals surface area (Å²) in [7, 11) is 0. The van der Waals surface area contributed by atoms with Crippen molar-refractivity contribution in [3.63, 3.8) is 0 Å². The van der Waals surface area contributed by atoms with Gasteiger partial charge >= 0.3 is 0 Å². The van der Waals surface area contributed by atoms with Crippen LogP contribution in [0.5, 0.6) is 0 Å².